The highest BCUT2D eigenvalue weighted by Gasteiger charge is 2.22. The third-order valence-corrected chi connectivity index (χ3v) is 2.00. The normalized spacial score (nSPS) is 16.4. The summed E-state index contributed by atoms with van der Waals surface area (Å²) in [4.78, 5) is 0. The predicted octanol–water partition coefficient (Wildman–Crippen LogP) is 2.50. The molecule has 0 aliphatic heterocycles. The van der Waals surface area contributed by atoms with Crippen LogP contribution in [0, 0.1) is 5.41 Å². The molecule has 0 fully saturated rings. The summed E-state index contributed by atoms with van der Waals surface area (Å²) in [5, 5.41) is 0. The molecule has 0 aromatic heterocycles. The minimum atomic E-state index is -1.05. The Hall–Kier alpha value is 0.190. The Morgan fingerprint density at radius 1 is 1.50 bits per heavy atom. The Labute approximate surface area is 64.2 Å². The lowest BCUT2D eigenvalue weighted by molar-refractivity contribution is 0.0967. The molecule has 0 saturated heterocycles. The molecule has 0 N–H and O–H groups in total. The van der Waals surface area contributed by atoms with Gasteiger partial charge in [0.25, 0.3) is 0 Å². The molecule has 0 aliphatic rings. The zero-order valence-electron chi connectivity index (χ0n) is 7.18. The molecule has 3 heteroatoms. The summed E-state index contributed by atoms with van der Waals surface area (Å²) in [5.74, 6) is 0. The molecule has 0 heterocycles. The first-order chi connectivity index (χ1) is 4.52. The van der Waals surface area contributed by atoms with E-state index in [2.05, 4.69) is 20.8 Å². The minimum absolute atomic E-state index is 0.117. The van der Waals surface area contributed by atoms with Crippen molar-refractivity contribution in [3.8, 4) is 0 Å². The van der Waals surface area contributed by atoms with Gasteiger partial charge < -0.3 is 4.52 Å². The molecule has 2 unspecified atom stereocenters. The van der Waals surface area contributed by atoms with E-state index in [4.69, 9.17) is 4.52 Å². The van der Waals surface area contributed by atoms with E-state index in [-0.39, 0.29) is 11.5 Å². The molecule has 0 radical (unpaired) electrons. The molecular formula is C7H17O2P. The molecule has 2 nitrogen and oxygen atoms in total. The van der Waals surface area contributed by atoms with E-state index in [1.165, 1.54) is 0 Å². The van der Waals surface area contributed by atoms with E-state index in [1.54, 1.807) is 0 Å². The van der Waals surface area contributed by atoms with Crippen molar-refractivity contribution in [1.29, 1.82) is 0 Å². The summed E-state index contributed by atoms with van der Waals surface area (Å²) in [5.41, 5.74) is 0.117. The van der Waals surface area contributed by atoms with Crippen LogP contribution in [0.5, 0.6) is 0 Å². The van der Waals surface area contributed by atoms with E-state index in [0.29, 0.717) is 0 Å². The van der Waals surface area contributed by atoms with Crippen LogP contribution in [0.4, 0.5) is 0 Å². The van der Waals surface area contributed by atoms with Gasteiger partial charge in [-0.1, -0.05) is 27.7 Å². The Morgan fingerprint density at radius 2 is 2.00 bits per heavy atom. The average Bonchev–Trinajstić information content (AvgIpc) is 1.80. The molecule has 62 valence electrons. The number of hydrogen-bond donors (Lipinski definition) is 0. The summed E-state index contributed by atoms with van der Waals surface area (Å²) < 4.78 is 15.3. The second-order valence-electron chi connectivity index (χ2n) is 3.50. The van der Waals surface area contributed by atoms with Crippen LogP contribution in [0.2, 0.25) is 0 Å². The molecule has 10 heavy (non-hydrogen) atoms. The lowest BCUT2D eigenvalue weighted by Gasteiger charge is -2.27. The third-order valence-electron chi connectivity index (χ3n) is 1.56. The number of hydrogen-bond acceptors (Lipinski definition) is 2. The van der Waals surface area contributed by atoms with Crippen molar-refractivity contribution in [3.63, 3.8) is 0 Å². The Bertz CT molecular complexity index is 107. The summed E-state index contributed by atoms with van der Waals surface area (Å²) in [7, 11) is -1.05. The highest BCUT2D eigenvalue weighted by Crippen LogP contribution is 2.27. The third kappa shape index (κ3) is 3.38. The van der Waals surface area contributed by atoms with Crippen molar-refractivity contribution in [2.24, 2.45) is 5.41 Å². The van der Waals surface area contributed by atoms with E-state index in [1.807, 2.05) is 6.92 Å². The van der Waals surface area contributed by atoms with Crippen molar-refractivity contribution >= 4 is 8.69 Å². The lowest BCUT2D eigenvalue weighted by atomic mass is 9.88. The standard InChI is InChI=1S/C7H17O2P/c1-5-6(9-10-8)7(2,3)4/h6H,5,10H2,1-4H3. The second-order valence-corrected chi connectivity index (χ2v) is 3.96. The maximum atomic E-state index is 10.2. The summed E-state index contributed by atoms with van der Waals surface area (Å²) in [6, 6.07) is 0. The topological polar surface area (TPSA) is 26.3 Å². The Morgan fingerprint density at radius 3 is 2.10 bits per heavy atom. The Kier molecular flexibility index (Phi) is 4.23. The fourth-order valence-corrected chi connectivity index (χ4v) is 1.71. The van der Waals surface area contributed by atoms with Gasteiger partial charge in [0.2, 0.25) is 0 Å². The van der Waals surface area contributed by atoms with Gasteiger partial charge in [0.15, 0.2) is 8.69 Å². The minimum Gasteiger partial charge on any atom is -0.329 e. The summed E-state index contributed by atoms with van der Waals surface area (Å²) >= 11 is 0. The molecule has 0 aromatic rings. The van der Waals surface area contributed by atoms with Gasteiger partial charge in [-0.3, -0.25) is 4.57 Å². The van der Waals surface area contributed by atoms with E-state index in [0.717, 1.165) is 6.42 Å². The van der Waals surface area contributed by atoms with Gasteiger partial charge in [-0.25, -0.2) is 0 Å². The molecule has 0 bridgehead atoms. The molecule has 0 saturated carbocycles. The summed E-state index contributed by atoms with van der Waals surface area (Å²) in [6.45, 7) is 8.33. The molecule has 0 rings (SSSR count). The van der Waals surface area contributed by atoms with Crippen LogP contribution in [0.1, 0.15) is 34.1 Å². The van der Waals surface area contributed by atoms with Crippen LogP contribution >= 0.6 is 8.69 Å². The molecule has 2 atom stereocenters. The SMILES string of the molecule is CCC(O[PH2]=O)C(C)(C)C. The smallest absolute Gasteiger partial charge is 0.180 e. The molecule has 0 spiro atoms. The van der Waals surface area contributed by atoms with Crippen molar-refractivity contribution in [2.75, 3.05) is 0 Å². The van der Waals surface area contributed by atoms with Crippen LogP contribution in [0.15, 0.2) is 0 Å². The van der Waals surface area contributed by atoms with Gasteiger partial charge in [0.1, 0.15) is 0 Å². The quantitative estimate of drug-likeness (QED) is 0.599. The summed E-state index contributed by atoms with van der Waals surface area (Å²) in [6.07, 6.45) is 1.07. The van der Waals surface area contributed by atoms with E-state index < -0.39 is 8.69 Å². The maximum absolute atomic E-state index is 10.2. The largest absolute Gasteiger partial charge is 0.329 e. The van der Waals surface area contributed by atoms with E-state index >= 15 is 0 Å². The van der Waals surface area contributed by atoms with Crippen LogP contribution in [-0.4, -0.2) is 6.10 Å². The van der Waals surface area contributed by atoms with Crippen LogP contribution < -0.4 is 0 Å². The second kappa shape index (κ2) is 4.15. The van der Waals surface area contributed by atoms with Gasteiger partial charge in [0, 0.05) is 0 Å². The predicted molar refractivity (Wildman–Crippen MR) is 45.0 cm³/mol. The molecule has 0 aromatic carbocycles. The molecular weight excluding hydrogens is 147 g/mol. The monoisotopic (exact) mass is 164 g/mol. The van der Waals surface area contributed by atoms with Crippen molar-refractivity contribution in [1.82, 2.24) is 0 Å². The maximum Gasteiger partial charge on any atom is 0.180 e. The van der Waals surface area contributed by atoms with Gasteiger partial charge >= 0.3 is 0 Å². The van der Waals surface area contributed by atoms with Crippen molar-refractivity contribution < 1.29 is 9.09 Å². The average molecular weight is 164 g/mol. The van der Waals surface area contributed by atoms with Crippen LogP contribution in [0.25, 0.3) is 0 Å². The fourth-order valence-electron chi connectivity index (χ4n) is 0.980. The van der Waals surface area contributed by atoms with Gasteiger partial charge in [-0.2, -0.15) is 0 Å². The van der Waals surface area contributed by atoms with Crippen molar-refractivity contribution in [2.45, 2.75) is 40.2 Å². The molecule has 0 aliphatic carbocycles. The highest BCUT2D eigenvalue weighted by atomic mass is 31.1. The first-order valence-electron chi connectivity index (χ1n) is 3.61. The van der Waals surface area contributed by atoms with Gasteiger partial charge in [-0.15, -0.1) is 0 Å². The van der Waals surface area contributed by atoms with Crippen LogP contribution in [-0.2, 0) is 9.09 Å². The van der Waals surface area contributed by atoms with Crippen molar-refractivity contribution in [3.05, 3.63) is 0 Å². The fraction of sp³-hybridized carbons (Fsp3) is 1.00. The van der Waals surface area contributed by atoms with Gasteiger partial charge in [0.05, 0.1) is 6.10 Å². The first-order valence-corrected chi connectivity index (χ1v) is 4.55. The highest BCUT2D eigenvalue weighted by molar-refractivity contribution is 7.17. The zero-order valence-corrected chi connectivity index (χ0v) is 8.33. The van der Waals surface area contributed by atoms with Crippen LogP contribution in [0.3, 0.4) is 0 Å². The number of rotatable bonds is 3. The molecule has 0 amide bonds. The lowest BCUT2D eigenvalue weighted by Crippen LogP contribution is -2.25. The Balaban J connectivity index is 3.92. The zero-order chi connectivity index (χ0) is 8.20. The van der Waals surface area contributed by atoms with Gasteiger partial charge in [-0.05, 0) is 11.8 Å². The van der Waals surface area contributed by atoms with E-state index in [9.17, 15) is 4.57 Å². The first kappa shape index (κ1) is 10.2.